The maximum Gasteiger partial charge on any atom is 0.0199 e. The average molecular weight is 281 g/mol. The van der Waals surface area contributed by atoms with E-state index in [1.54, 1.807) is 0 Å². The van der Waals surface area contributed by atoms with Gasteiger partial charge in [0.15, 0.2) is 0 Å². The minimum Gasteiger partial charge on any atom is -0.313 e. The summed E-state index contributed by atoms with van der Waals surface area (Å²) >= 11 is 0. The van der Waals surface area contributed by atoms with Crippen LogP contribution in [0.3, 0.4) is 0 Å². The van der Waals surface area contributed by atoms with Crippen LogP contribution < -0.4 is 5.32 Å². The normalized spacial score (nSPS) is 13.1. The largest absolute Gasteiger partial charge is 0.313 e. The third-order valence-corrected chi connectivity index (χ3v) is 4.31. The van der Waals surface area contributed by atoms with E-state index in [9.17, 15) is 0 Å². The smallest absolute Gasteiger partial charge is 0.0199 e. The van der Waals surface area contributed by atoms with Gasteiger partial charge in [-0.15, -0.1) is 0 Å². The summed E-state index contributed by atoms with van der Waals surface area (Å²) in [5.74, 6) is 0. The Morgan fingerprint density at radius 3 is 2.05 bits per heavy atom. The second kappa shape index (κ2) is 7.42. The molecule has 1 unspecified atom stereocenters. The Bertz CT molecular complexity index is 516. The van der Waals surface area contributed by atoms with Crippen molar-refractivity contribution < 1.29 is 0 Å². The summed E-state index contributed by atoms with van der Waals surface area (Å²) in [6, 6.07) is 22.1. The summed E-state index contributed by atoms with van der Waals surface area (Å²) in [6.45, 7) is 7.98. The van der Waals surface area contributed by atoms with E-state index in [1.807, 2.05) is 0 Å². The van der Waals surface area contributed by atoms with Crippen LogP contribution in [0.2, 0.25) is 0 Å². The Hall–Kier alpha value is -1.60. The molecule has 0 bridgehead atoms. The lowest BCUT2D eigenvalue weighted by molar-refractivity contribution is 0.337. The molecule has 2 aromatic rings. The predicted molar refractivity (Wildman–Crippen MR) is 91.7 cm³/mol. The lowest BCUT2D eigenvalue weighted by Crippen LogP contribution is -2.46. The number of nitrogens with one attached hydrogen (secondary N) is 1. The molecule has 0 aliphatic carbocycles. The molecule has 1 nitrogen and oxygen atoms in total. The van der Waals surface area contributed by atoms with Gasteiger partial charge in [-0.25, -0.2) is 0 Å². The molecular weight excluding hydrogens is 254 g/mol. The number of hydrogen-bond acceptors (Lipinski definition) is 1. The molecule has 0 amide bonds. The molecule has 112 valence electrons. The summed E-state index contributed by atoms with van der Waals surface area (Å²) in [4.78, 5) is 0. The van der Waals surface area contributed by atoms with Gasteiger partial charge in [0.2, 0.25) is 0 Å². The van der Waals surface area contributed by atoms with Crippen LogP contribution in [-0.2, 0) is 11.8 Å². The van der Waals surface area contributed by atoms with E-state index >= 15 is 0 Å². The molecule has 0 heterocycles. The second-order valence-electron chi connectivity index (χ2n) is 6.28. The van der Waals surface area contributed by atoms with Crippen LogP contribution in [0.15, 0.2) is 60.7 Å². The number of rotatable bonds is 7. The van der Waals surface area contributed by atoms with Gasteiger partial charge in [0.25, 0.3) is 0 Å². The number of hydrogen-bond donors (Lipinski definition) is 1. The van der Waals surface area contributed by atoms with Crippen molar-refractivity contribution in [1.82, 2.24) is 5.32 Å². The SMILES string of the molecule is CCCNC(Cc1ccccc1)C(C)(C)c1ccccc1. The fourth-order valence-corrected chi connectivity index (χ4v) is 2.82. The van der Waals surface area contributed by atoms with Crippen molar-refractivity contribution in [1.29, 1.82) is 0 Å². The molecule has 0 saturated carbocycles. The molecule has 0 aliphatic rings. The first-order chi connectivity index (χ1) is 10.1. The molecule has 2 aromatic carbocycles. The molecule has 0 radical (unpaired) electrons. The van der Waals surface area contributed by atoms with Gasteiger partial charge in [-0.1, -0.05) is 81.4 Å². The van der Waals surface area contributed by atoms with Gasteiger partial charge in [0.05, 0.1) is 0 Å². The van der Waals surface area contributed by atoms with Gasteiger partial charge in [-0.2, -0.15) is 0 Å². The van der Waals surface area contributed by atoms with Crippen LogP contribution in [0.5, 0.6) is 0 Å². The Morgan fingerprint density at radius 2 is 1.48 bits per heavy atom. The predicted octanol–water partition coefficient (Wildman–Crippen LogP) is 4.58. The molecule has 0 aliphatic heterocycles. The topological polar surface area (TPSA) is 12.0 Å². The molecule has 0 spiro atoms. The highest BCUT2D eigenvalue weighted by Crippen LogP contribution is 2.29. The minimum absolute atomic E-state index is 0.103. The maximum atomic E-state index is 3.76. The zero-order valence-corrected chi connectivity index (χ0v) is 13.5. The van der Waals surface area contributed by atoms with Crippen LogP contribution in [0.4, 0.5) is 0 Å². The Kier molecular flexibility index (Phi) is 5.58. The van der Waals surface area contributed by atoms with Crippen molar-refractivity contribution in [2.75, 3.05) is 6.54 Å². The summed E-state index contributed by atoms with van der Waals surface area (Å²) in [6.07, 6.45) is 2.22. The first-order valence-corrected chi connectivity index (χ1v) is 7.97. The van der Waals surface area contributed by atoms with E-state index < -0.39 is 0 Å². The molecule has 0 saturated heterocycles. The van der Waals surface area contributed by atoms with Gasteiger partial charge in [0.1, 0.15) is 0 Å². The van der Waals surface area contributed by atoms with E-state index in [2.05, 4.69) is 86.8 Å². The van der Waals surface area contributed by atoms with Crippen LogP contribution >= 0.6 is 0 Å². The lowest BCUT2D eigenvalue weighted by atomic mass is 9.75. The van der Waals surface area contributed by atoms with Crippen molar-refractivity contribution in [3.05, 3.63) is 71.8 Å². The van der Waals surface area contributed by atoms with Gasteiger partial charge in [-0.3, -0.25) is 0 Å². The fourth-order valence-electron chi connectivity index (χ4n) is 2.82. The molecule has 1 heteroatoms. The standard InChI is InChI=1S/C20H27N/c1-4-15-21-19(16-17-11-7-5-8-12-17)20(2,3)18-13-9-6-10-14-18/h5-14,19,21H,4,15-16H2,1-3H3. The third kappa shape index (κ3) is 4.18. The molecule has 0 aromatic heterocycles. The van der Waals surface area contributed by atoms with Gasteiger partial charge < -0.3 is 5.32 Å². The van der Waals surface area contributed by atoms with Crippen LogP contribution in [0.1, 0.15) is 38.3 Å². The Balaban J connectivity index is 2.22. The molecule has 1 atom stereocenters. The highest BCUT2D eigenvalue weighted by molar-refractivity contribution is 5.27. The molecular formula is C20H27N. The van der Waals surface area contributed by atoms with Crippen LogP contribution in [0.25, 0.3) is 0 Å². The van der Waals surface area contributed by atoms with Crippen LogP contribution in [-0.4, -0.2) is 12.6 Å². The average Bonchev–Trinajstić information content (AvgIpc) is 2.53. The molecule has 1 N–H and O–H groups in total. The lowest BCUT2D eigenvalue weighted by Gasteiger charge is -2.36. The van der Waals surface area contributed by atoms with E-state index in [4.69, 9.17) is 0 Å². The van der Waals surface area contributed by atoms with Crippen LogP contribution in [0, 0.1) is 0 Å². The second-order valence-corrected chi connectivity index (χ2v) is 6.28. The van der Waals surface area contributed by atoms with E-state index in [1.165, 1.54) is 11.1 Å². The summed E-state index contributed by atoms with van der Waals surface area (Å²) in [7, 11) is 0. The quantitative estimate of drug-likeness (QED) is 0.783. The highest BCUT2D eigenvalue weighted by Gasteiger charge is 2.30. The zero-order chi connectivity index (χ0) is 15.1. The van der Waals surface area contributed by atoms with Gasteiger partial charge in [0, 0.05) is 11.5 Å². The van der Waals surface area contributed by atoms with Crippen molar-refractivity contribution in [2.24, 2.45) is 0 Å². The van der Waals surface area contributed by atoms with E-state index in [-0.39, 0.29) is 5.41 Å². The van der Waals surface area contributed by atoms with E-state index in [0.29, 0.717) is 6.04 Å². The van der Waals surface area contributed by atoms with Crippen molar-refractivity contribution >= 4 is 0 Å². The Labute approximate surface area is 129 Å². The first kappa shape index (κ1) is 15.8. The molecule has 2 rings (SSSR count). The number of benzene rings is 2. The third-order valence-electron chi connectivity index (χ3n) is 4.31. The summed E-state index contributed by atoms with van der Waals surface area (Å²) in [5, 5.41) is 3.76. The monoisotopic (exact) mass is 281 g/mol. The summed E-state index contributed by atoms with van der Waals surface area (Å²) in [5.41, 5.74) is 2.90. The maximum absolute atomic E-state index is 3.76. The fraction of sp³-hybridized carbons (Fsp3) is 0.400. The molecule has 21 heavy (non-hydrogen) atoms. The molecule has 0 fully saturated rings. The van der Waals surface area contributed by atoms with Gasteiger partial charge in [-0.05, 0) is 30.5 Å². The summed E-state index contributed by atoms with van der Waals surface area (Å²) < 4.78 is 0. The van der Waals surface area contributed by atoms with E-state index in [0.717, 1.165) is 19.4 Å². The Morgan fingerprint density at radius 1 is 0.905 bits per heavy atom. The first-order valence-electron chi connectivity index (χ1n) is 7.97. The zero-order valence-electron chi connectivity index (χ0n) is 13.5. The van der Waals surface area contributed by atoms with Crippen molar-refractivity contribution in [3.8, 4) is 0 Å². The minimum atomic E-state index is 0.103. The highest BCUT2D eigenvalue weighted by atomic mass is 14.9. The van der Waals surface area contributed by atoms with Gasteiger partial charge >= 0.3 is 0 Å². The van der Waals surface area contributed by atoms with Crippen molar-refractivity contribution in [3.63, 3.8) is 0 Å². The van der Waals surface area contributed by atoms with Crippen molar-refractivity contribution in [2.45, 2.75) is 45.1 Å².